The van der Waals surface area contributed by atoms with Crippen molar-refractivity contribution in [3.05, 3.63) is 48.6 Å². The third kappa shape index (κ3) is 28.1. The first kappa shape index (κ1) is 51.7. The molecule has 4 N–H and O–H groups in total. The number of carbonyl (C=O) groups is 2. The van der Waals surface area contributed by atoms with Crippen molar-refractivity contribution in [2.75, 3.05) is 19.8 Å². The molecule has 2 unspecified atom stereocenters. The second kappa shape index (κ2) is 37.0. The summed E-state index contributed by atoms with van der Waals surface area (Å²) in [6.45, 7) is 3.26. The Balaban J connectivity index is 2.35. The highest BCUT2D eigenvalue weighted by Crippen LogP contribution is 2.23. The van der Waals surface area contributed by atoms with E-state index in [9.17, 15) is 30.0 Å². The molecule has 0 aromatic rings. The Morgan fingerprint density at radius 2 is 1.05 bits per heavy atom. The Morgan fingerprint density at radius 1 is 0.571 bits per heavy atom. The van der Waals surface area contributed by atoms with Gasteiger partial charge in [-0.25, -0.2) is 0 Å². The third-order valence-corrected chi connectivity index (χ3v) is 10.1. The molecule has 56 heavy (non-hydrogen) atoms. The number of aliphatic hydroxyl groups excluding tert-OH is 4. The molecule has 0 aliphatic carbocycles. The maximum Gasteiger partial charge on any atom is 0.306 e. The van der Waals surface area contributed by atoms with Gasteiger partial charge in [0.15, 0.2) is 12.4 Å². The van der Waals surface area contributed by atoms with Crippen LogP contribution in [-0.2, 0) is 28.5 Å². The van der Waals surface area contributed by atoms with Gasteiger partial charge in [0.05, 0.1) is 13.2 Å². The summed E-state index contributed by atoms with van der Waals surface area (Å²) in [7, 11) is 0. The minimum Gasteiger partial charge on any atom is -0.462 e. The molecule has 1 heterocycles. The summed E-state index contributed by atoms with van der Waals surface area (Å²) in [4.78, 5) is 25.3. The monoisotopic (exact) mass is 793 g/mol. The summed E-state index contributed by atoms with van der Waals surface area (Å²) in [6.07, 6.45) is 35.4. The lowest BCUT2D eigenvalue weighted by Gasteiger charge is -2.39. The maximum absolute atomic E-state index is 12.8. The van der Waals surface area contributed by atoms with E-state index in [1.165, 1.54) is 77.0 Å². The molecular formula is C46H80O10. The largest absolute Gasteiger partial charge is 0.462 e. The Kier molecular flexibility index (Phi) is 34.1. The zero-order valence-electron chi connectivity index (χ0n) is 35.1. The van der Waals surface area contributed by atoms with E-state index in [0.717, 1.165) is 57.8 Å². The van der Waals surface area contributed by atoms with Crippen LogP contribution in [-0.4, -0.2) is 89.0 Å². The first-order valence-electron chi connectivity index (χ1n) is 22.3. The number of esters is 2. The second-order valence-electron chi connectivity index (χ2n) is 15.2. The molecule has 0 aromatic carbocycles. The molecule has 324 valence electrons. The molecule has 0 bridgehead atoms. The quantitative estimate of drug-likeness (QED) is 0.0275. The van der Waals surface area contributed by atoms with Gasteiger partial charge in [0, 0.05) is 12.8 Å². The van der Waals surface area contributed by atoms with Crippen LogP contribution in [0.2, 0.25) is 0 Å². The fourth-order valence-corrected chi connectivity index (χ4v) is 6.55. The third-order valence-electron chi connectivity index (χ3n) is 10.1. The van der Waals surface area contributed by atoms with E-state index in [-0.39, 0.29) is 26.1 Å². The SMILES string of the molecule is CC/C=C/C=C/C=C/C=C/CCCCCCCC(=O)OC[C@H](CO[C@@H]1O[C@H](CO)[C@H](O)C(O)C1O)OC(=O)CCCCCCCCCCCCCCCCCC. The lowest BCUT2D eigenvalue weighted by molar-refractivity contribution is -0.305. The fraction of sp³-hybridized carbons (Fsp3) is 0.783. The molecule has 10 heteroatoms. The molecule has 1 aliphatic rings. The average molecular weight is 793 g/mol. The van der Waals surface area contributed by atoms with E-state index in [0.29, 0.717) is 12.8 Å². The van der Waals surface area contributed by atoms with Crippen molar-refractivity contribution >= 4 is 11.9 Å². The van der Waals surface area contributed by atoms with Crippen LogP contribution >= 0.6 is 0 Å². The van der Waals surface area contributed by atoms with Crippen molar-refractivity contribution in [1.82, 2.24) is 0 Å². The molecule has 0 spiro atoms. The highest BCUT2D eigenvalue weighted by atomic mass is 16.7. The summed E-state index contributed by atoms with van der Waals surface area (Å²) in [6, 6.07) is 0. The second-order valence-corrected chi connectivity index (χ2v) is 15.2. The Labute approximate surface area is 339 Å². The number of ether oxygens (including phenoxy) is 4. The van der Waals surface area contributed by atoms with Crippen molar-refractivity contribution in [3.63, 3.8) is 0 Å². The van der Waals surface area contributed by atoms with E-state index in [1.54, 1.807) is 0 Å². The number of hydrogen-bond donors (Lipinski definition) is 4. The molecule has 6 atom stereocenters. The number of carbonyl (C=O) groups excluding carboxylic acids is 2. The molecule has 0 saturated carbocycles. The first-order chi connectivity index (χ1) is 27.3. The van der Waals surface area contributed by atoms with E-state index >= 15 is 0 Å². The van der Waals surface area contributed by atoms with Gasteiger partial charge < -0.3 is 39.4 Å². The van der Waals surface area contributed by atoms with Crippen LogP contribution in [0.15, 0.2) is 48.6 Å². The summed E-state index contributed by atoms with van der Waals surface area (Å²) in [5, 5.41) is 40.1. The van der Waals surface area contributed by atoms with Crippen LogP contribution in [0.25, 0.3) is 0 Å². The van der Waals surface area contributed by atoms with Gasteiger partial charge in [-0.15, -0.1) is 0 Å². The predicted molar refractivity (Wildman–Crippen MR) is 224 cm³/mol. The van der Waals surface area contributed by atoms with Gasteiger partial charge in [-0.3, -0.25) is 9.59 Å². The molecule has 0 aromatic heterocycles. The van der Waals surface area contributed by atoms with Crippen molar-refractivity contribution in [2.24, 2.45) is 0 Å². The highest BCUT2D eigenvalue weighted by molar-refractivity contribution is 5.70. The summed E-state index contributed by atoms with van der Waals surface area (Å²) in [5.41, 5.74) is 0. The fourth-order valence-electron chi connectivity index (χ4n) is 6.55. The number of aliphatic hydroxyl groups is 4. The molecule has 1 rings (SSSR count). The number of allylic oxidation sites excluding steroid dienone is 8. The number of hydrogen-bond acceptors (Lipinski definition) is 10. The van der Waals surface area contributed by atoms with E-state index in [4.69, 9.17) is 18.9 Å². The van der Waals surface area contributed by atoms with Crippen LogP contribution in [0.1, 0.15) is 174 Å². The van der Waals surface area contributed by atoms with Crippen LogP contribution in [0.5, 0.6) is 0 Å². The lowest BCUT2D eigenvalue weighted by atomic mass is 9.99. The molecular weight excluding hydrogens is 712 g/mol. The minimum atomic E-state index is -1.60. The normalized spacial score (nSPS) is 20.9. The molecule has 0 radical (unpaired) electrons. The smallest absolute Gasteiger partial charge is 0.306 e. The predicted octanol–water partition coefficient (Wildman–Crippen LogP) is 9.28. The Hall–Kier alpha value is -2.34. The zero-order valence-corrected chi connectivity index (χ0v) is 35.1. The molecule has 1 saturated heterocycles. The van der Waals surface area contributed by atoms with Crippen LogP contribution in [0.4, 0.5) is 0 Å². The van der Waals surface area contributed by atoms with Gasteiger partial charge in [-0.05, 0) is 32.1 Å². The zero-order chi connectivity index (χ0) is 40.9. The molecule has 0 amide bonds. The number of rotatable bonds is 36. The summed E-state index contributed by atoms with van der Waals surface area (Å²) < 4.78 is 22.1. The van der Waals surface area contributed by atoms with Crippen LogP contribution in [0, 0.1) is 0 Å². The van der Waals surface area contributed by atoms with Gasteiger partial charge in [-0.2, -0.15) is 0 Å². The standard InChI is InChI=1S/C46H80O10/c1-3-5-7-9-11-13-15-17-19-21-23-25-27-29-31-33-35-42(49)55-39(38-54-46-45(52)44(51)43(50)40(36-47)56-46)37-53-41(48)34-32-30-28-26-24-22-20-18-16-14-12-10-8-6-4-2/h6,8,10,12,14,16,18,20,39-40,43-47,50-52H,3-5,7,9,11,13,15,17,19,21-38H2,1-2H3/b8-6+,12-10+,16-14+,20-18+/t39-,40-,43+,44?,45?,46-/m1/s1. The van der Waals surface area contributed by atoms with Gasteiger partial charge in [-0.1, -0.05) is 178 Å². The van der Waals surface area contributed by atoms with Gasteiger partial charge >= 0.3 is 11.9 Å². The average Bonchev–Trinajstić information content (AvgIpc) is 3.19. The lowest BCUT2D eigenvalue weighted by Crippen LogP contribution is -2.59. The van der Waals surface area contributed by atoms with Crippen molar-refractivity contribution in [3.8, 4) is 0 Å². The Morgan fingerprint density at radius 3 is 1.59 bits per heavy atom. The van der Waals surface area contributed by atoms with Gasteiger partial charge in [0.25, 0.3) is 0 Å². The van der Waals surface area contributed by atoms with E-state index in [1.807, 2.05) is 30.4 Å². The molecule has 10 nitrogen and oxygen atoms in total. The topological polar surface area (TPSA) is 152 Å². The molecule has 1 aliphatic heterocycles. The van der Waals surface area contributed by atoms with Crippen molar-refractivity contribution in [2.45, 2.75) is 211 Å². The van der Waals surface area contributed by atoms with Crippen LogP contribution < -0.4 is 0 Å². The van der Waals surface area contributed by atoms with Gasteiger partial charge in [0.1, 0.15) is 31.0 Å². The van der Waals surface area contributed by atoms with Gasteiger partial charge in [0.2, 0.25) is 0 Å². The molecule has 1 fully saturated rings. The van der Waals surface area contributed by atoms with Crippen molar-refractivity contribution in [1.29, 1.82) is 0 Å². The maximum atomic E-state index is 12.8. The minimum absolute atomic E-state index is 0.226. The van der Waals surface area contributed by atoms with E-state index in [2.05, 4.69) is 32.1 Å². The van der Waals surface area contributed by atoms with Crippen molar-refractivity contribution < 1.29 is 49.0 Å². The summed E-state index contributed by atoms with van der Waals surface area (Å²) in [5.74, 6) is -0.831. The van der Waals surface area contributed by atoms with Crippen LogP contribution in [0.3, 0.4) is 0 Å². The van der Waals surface area contributed by atoms with E-state index < -0.39 is 55.4 Å². The first-order valence-corrected chi connectivity index (χ1v) is 22.3. The summed E-state index contributed by atoms with van der Waals surface area (Å²) >= 11 is 0. The number of unbranched alkanes of at least 4 members (excludes halogenated alkanes) is 20. The highest BCUT2D eigenvalue weighted by Gasteiger charge is 2.44. The Bertz CT molecular complexity index is 1050.